The lowest BCUT2D eigenvalue weighted by Crippen LogP contribution is -2.58. The Labute approximate surface area is 148 Å². The van der Waals surface area contributed by atoms with Gasteiger partial charge in [0.15, 0.2) is 0 Å². The summed E-state index contributed by atoms with van der Waals surface area (Å²) in [7, 11) is -1.91. The third-order valence-corrected chi connectivity index (χ3v) is 6.72. The fourth-order valence-electron chi connectivity index (χ4n) is 2.93. The Hall–Kier alpha value is -0.370. The summed E-state index contributed by atoms with van der Waals surface area (Å²) >= 11 is 11.8. The number of rotatable bonds is 5. The molecule has 0 spiro atoms. The molecule has 0 radical (unpaired) electrons. The maximum absolute atomic E-state index is 12.8. The predicted molar refractivity (Wildman–Crippen MR) is 92.7 cm³/mol. The zero-order valence-electron chi connectivity index (χ0n) is 13.5. The van der Waals surface area contributed by atoms with Crippen molar-refractivity contribution in [1.29, 1.82) is 0 Å². The highest BCUT2D eigenvalue weighted by atomic mass is 35.5. The van der Waals surface area contributed by atoms with Crippen LogP contribution in [-0.2, 0) is 14.8 Å². The third-order valence-electron chi connectivity index (χ3n) is 4.15. The van der Waals surface area contributed by atoms with E-state index in [2.05, 4.69) is 4.90 Å². The zero-order chi connectivity index (χ0) is 17.2. The SMILES string of the molecule is COCCN1C(C)CN(S(=O)(=O)c2ccc(Cl)c(Cl)c2)CC1C. The van der Waals surface area contributed by atoms with Gasteiger partial charge in [-0.1, -0.05) is 23.2 Å². The van der Waals surface area contributed by atoms with Gasteiger partial charge >= 0.3 is 0 Å². The van der Waals surface area contributed by atoms with E-state index in [4.69, 9.17) is 27.9 Å². The van der Waals surface area contributed by atoms with Crippen LogP contribution in [0.2, 0.25) is 10.0 Å². The first-order chi connectivity index (χ1) is 10.8. The van der Waals surface area contributed by atoms with Crippen molar-refractivity contribution >= 4 is 33.2 Å². The Bertz CT molecular complexity index is 642. The van der Waals surface area contributed by atoms with E-state index in [0.717, 1.165) is 6.54 Å². The van der Waals surface area contributed by atoms with E-state index in [-0.39, 0.29) is 22.0 Å². The van der Waals surface area contributed by atoms with Crippen molar-refractivity contribution in [3.8, 4) is 0 Å². The molecular weight excluding hydrogens is 359 g/mol. The second kappa shape index (κ2) is 7.68. The predicted octanol–water partition coefficient (Wildman–Crippen LogP) is 2.72. The topological polar surface area (TPSA) is 49.9 Å². The summed E-state index contributed by atoms with van der Waals surface area (Å²) in [6.07, 6.45) is 0. The summed E-state index contributed by atoms with van der Waals surface area (Å²) in [6, 6.07) is 4.65. The lowest BCUT2D eigenvalue weighted by Gasteiger charge is -2.43. The molecule has 0 aliphatic carbocycles. The van der Waals surface area contributed by atoms with Crippen molar-refractivity contribution < 1.29 is 13.2 Å². The van der Waals surface area contributed by atoms with E-state index in [1.54, 1.807) is 7.11 Å². The summed E-state index contributed by atoms with van der Waals surface area (Å²) in [5.74, 6) is 0. The molecule has 1 aliphatic rings. The maximum atomic E-state index is 12.8. The van der Waals surface area contributed by atoms with E-state index >= 15 is 0 Å². The van der Waals surface area contributed by atoms with Gasteiger partial charge in [-0.25, -0.2) is 8.42 Å². The molecule has 1 fully saturated rings. The van der Waals surface area contributed by atoms with Crippen LogP contribution in [0.4, 0.5) is 0 Å². The normalized spacial score (nSPS) is 24.0. The van der Waals surface area contributed by atoms with E-state index in [1.165, 1.54) is 22.5 Å². The van der Waals surface area contributed by atoms with E-state index in [1.807, 2.05) is 13.8 Å². The van der Waals surface area contributed by atoms with Crippen LogP contribution in [-0.4, -0.2) is 63.1 Å². The zero-order valence-corrected chi connectivity index (χ0v) is 15.8. The largest absolute Gasteiger partial charge is 0.383 e. The summed E-state index contributed by atoms with van der Waals surface area (Å²) in [4.78, 5) is 2.45. The Kier molecular flexibility index (Phi) is 6.33. The molecule has 0 amide bonds. The molecule has 0 saturated carbocycles. The van der Waals surface area contributed by atoms with E-state index in [0.29, 0.717) is 24.7 Å². The van der Waals surface area contributed by atoms with E-state index in [9.17, 15) is 8.42 Å². The smallest absolute Gasteiger partial charge is 0.243 e. The molecule has 2 rings (SSSR count). The van der Waals surface area contributed by atoms with Crippen LogP contribution in [0, 0.1) is 0 Å². The Morgan fingerprint density at radius 3 is 2.30 bits per heavy atom. The van der Waals surface area contributed by atoms with Crippen LogP contribution in [0.3, 0.4) is 0 Å². The number of nitrogens with zero attached hydrogens (tertiary/aromatic N) is 2. The van der Waals surface area contributed by atoms with Crippen LogP contribution in [0.15, 0.2) is 23.1 Å². The average molecular weight is 381 g/mol. The lowest BCUT2D eigenvalue weighted by atomic mass is 10.1. The highest BCUT2D eigenvalue weighted by molar-refractivity contribution is 7.89. The number of sulfonamides is 1. The Morgan fingerprint density at radius 1 is 1.17 bits per heavy atom. The second-order valence-electron chi connectivity index (χ2n) is 5.83. The van der Waals surface area contributed by atoms with Crippen LogP contribution >= 0.6 is 23.2 Å². The van der Waals surface area contributed by atoms with Crippen LogP contribution < -0.4 is 0 Å². The molecule has 23 heavy (non-hydrogen) atoms. The average Bonchev–Trinajstić information content (AvgIpc) is 2.49. The van der Waals surface area contributed by atoms with Crippen molar-refractivity contribution in [3.05, 3.63) is 28.2 Å². The molecule has 0 N–H and O–H groups in total. The first-order valence-corrected chi connectivity index (χ1v) is 9.67. The van der Waals surface area contributed by atoms with Gasteiger partial charge < -0.3 is 4.74 Å². The first-order valence-electron chi connectivity index (χ1n) is 7.47. The second-order valence-corrected chi connectivity index (χ2v) is 8.58. The van der Waals surface area contributed by atoms with Crippen LogP contribution in [0.1, 0.15) is 13.8 Å². The third kappa shape index (κ3) is 4.18. The molecule has 130 valence electrons. The summed E-state index contributed by atoms with van der Waals surface area (Å²) in [6.45, 7) is 6.37. The fourth-order valence-corrected chi connectivity index (χ4v) is 4.92. The maximum Gasteiger partial charge on any atom is 0.243 e. The highest BCUT2D eigenvalue weighted by Gasteiger charge is 2.35. The van der Waals surface area contributed by atoms with Gasteiger partial charge in [-0.05, 0) is 32.0 Å². The number of benzene rings is 1. The molecule has 1 aromatic rings. The Balaban J connectivity index is 2.20. The van der Waals surface area contributed by atoms with Gasteiger partial charge in [0.1, 0.15) is 0 Å². The number of hydrogen-bond acceptors (Lipinski definition) is 4. The summed E-state index contributed by atoms with van der Waals surface area (Å²) in [5, 5.41) is 0.587. The standard InChI is InChI=1S/C15H22Cl2N2O3S/c1-11-9-18(10-12(2)19(11)6-7-22-3)23(20,21)13-4-5-14(16)15(17)8-13/h4-5,8,11-12H,6-7,9-10H2,1-3H3. The number of piperazine rings is 1. The molecule has 1 saturated heterocycles. The molecule has 8 heteroatoms. The minimum Gasteiger partial charge on any atom is -0.383 e. The Morgan fingerprint density at radius 2 is 1.78 bits per heavy atom. The van der Waals surface area contributed by atoms with Crippen molar-refractivity contribution in [2.45, 2.75) is 30.8 Å². The van der Waals surface area contributed by atoms with Gasteiger partial charge in [-0.3, -0.25) is 4.90 Å². The molecular formula is C15H22Cl2N2O3S. The minimum absolute atomic E-state index is 0.117. The van der Waals surface area contributed by atoms with Gasteiger partial charge in [0, 0.05) is 38.8 Å². The monoisotopic (exact) mass is 380 g/mol. The van der Waals surface area contributed by atoms with Crippen molar-refractivity contribution in [2.75, 3.05) is 33.4 Å². The first kappa shape index (κ1) is 19.0. The number of halogens is 2. The van der Waals surface area contributed by atoms with Crippen molar-refractivity contribution in [1.82, 2.24) is 9.21 Å². The van der Waals surface area contributed by atoms with Gasteiger partial charge in [-0.15, -0.1) is 0 Å². The summed E-state index contributed by atoms with van der Waals surface area (Å²) in [5.41, 5.74) is 0. The molecule has 5 nitrogen and oxygen atoms in total. The summed E-state index contributed by atoms with van der Waals surface area (Å²) < 4.78 is 32.3. The van der Waals surface area contributed by atoms with Gasteiger partial charge in [-0.2, -0.15) is 4.31 Å². The van der Waals surface area contributed by atoms with Crippen LogP contribution in [0.5, 0.6) is 0 Å². The molecule has 0 aromatic heterocycles. The fraction of sp³-hybridized carbons (Fsp3) is 0.600. The van der Waals surface area contributed by atoms with Crippen molar-refractivity contribution in [3.63, 3.8) is 0 Å². The molecule has 1 aliphatic heterocycles. The van der Waals surface area contributed by atoms with E-state index < -0.39 is 10.0 Å². The lowest BCUT2D eigenvalue weighted by molar-refractivity contribution is 0.0496. The van der Waals surface area contributed by atoms with Crippen molar-refractivity contribution in [2.24, 2.45) is 0 Å². The molecule has 2 unspecified atom stereocenters. The minimum atomic E-state index is -3.58. The number of hydrogen-bond donors (Lipinski definition) is 0. The molecule has 0 bridgehead atoms. The van der Waals surface area contributed by atoms with Crippen LogP contribution in [0.25, 0.3) is 0 Å². The molecule has 1 aromatic carbocycles. The number of ether oxygens (including phenoxy) is 1. The molecule has 2 atom stereocenters. The quantitative estimate of drug-likeness (QED) is 0.787. The van der Waals surface area contributed by atoms with Gasteiger partial charge in [0.2, 0.25) is 10.0 Å². The highest BCUT2D eigenvalue weighted by Crippen LogP contribution is 2.28. The molecule has 1 heterocycles. The number of methoxy groups -OCH3 is 1. The van der Waals surface area contributed by atoms with Gasteiger partial charge in [0.05, 0.1) is 21.5 Å². The van der Waals surface area contributed by atoms with Gasteiger partial charge in [0.25, 0.3) is 0 Å².